The van der Waals surface area contributed by atoms with Crippen LogP contribution in [-0.4, -0.2) is 53.4 Å². The van der Waals surface area contributed by atoms with Gasteiger partial charge in [-0.1, -0.05) is 26.0 Å². The molecule has 1 aliphatic rings. The minimum atomic E-state index is -0.0543. The number of aromatic nitrogens is 2. The molecule has 3 heterocycles. The van der Waals surface area contributed by atoms with Gasteiger partial charge in [-0.05, 0) is 38.0 Å². The van der Waals surface area contributed by atoms with Gasteiger partial charge < -0.3 is 14.5 Å². The second-order valence-electron chi connectivity index (χ2n) is 8.42. The number of carbonyl (C=O) groups is 1. The zero-order valence-corrected chi connectivity index (χ0v) is 19.2. The second kappa shape index (κ2) is 8.30. The van der Waals surface area contributed by atoms with Gasteiger partial charge in [-0.2, -0.15) is 5.10 Å². The number of likely N-dealkylation sites (N-methyl/N-ethyl adjacent to an activating group) is 2. The van der Waals surface area contributed by atoms with Crippen LogP contribution in [0.2, 0.25) is 0 Å². The molecule has 1 aromatic carbocycles. The third kappa shape index (κ3) is 3.90. The number of hydrogen-bond donors (Lipinski definition) is 0. The largest absolute Gasteiger partial charge is 0.485 e. The topological polar surface area (TPSA) is 50.6 Å². The molecule has 6 nitrogen and oxygen atoms in total. The molecule has 0 bridgehead atoms. The lowest BCUT2D eigenvalue weighted by Crippen LogP contribution is -2.46. The van der Waals surface area contributed by atoms with E-state index in [1.54, 1.807) is 4.90 Å². The first-order valence-corrected chi connectivity index (χ1v) is 11.4. The molecule has 160 valence electrons. The van der Waals surface area contributed by atoms with Crippen LogP contribution < -0.4 is 9.64 Å². The molecule has 2 aromatic heterocycles. The number of anilines is 1. The highest BCUT2D eigenvalue weighted by atomic mass is 32.1. The summed E-state index contributed by atoms with van der Waals surface area (Å²) in [5.41, 5.74) is 2.11. The monoisotopic (exact) mass is 426 g/mol. The molecule has 7 heteroatoms. The van der Waals surface area contributed by atoms with Crippen molar-refractivity contribution < 1.29 is 9.53 Å². The molecule has 0 unspecified atom stereocenters. The summed E-state index contributed by atoms with van der Waals surface area (Å²) in [7, 11) is 1.86. The van der Waals surface area contributed by atoms with E-state index in [1.807, 2.05) is 42.9 Å². The van der Waals surface area contributed by atoms with Crippen molar-refractivity contribution in [3.8, 4) is 5.75 Å². The van der Waals surface area contributed by atoms with Crippen molar-refractivity contribution in [1.82, 2.24) is 14.7 Å². The van der Waals surface area contributed by atoms with E-state index < -0.39 is 0 Å². The summed E-state index contributed by atoms with van der Waals surface area (Å²) < 4.78 is 8.24. The first-order chi connectivity index (χ1) is 14.4. The van der Waals surface area contributed by atoms with Crippen molar-refractivity contribution in [1.29, 1.82) is 0 Å². The van der Waals surface area contributed by atoms with E-state index >= 15 is 0 Å². The number of nitrogens with zero attached hydrogens (tertiary/aromatic N) is 4. The quantitative estimate of drug-likeness (QED) is 0.585. The number of fused-ring (bicyclic) bond motifs is 2. The summed E-state index contributed by atoms with van der Waals surface area (Å²) in [6, 6.07) is 10.1. The number of carbonyl (C=O) groups excluding carboxylic acids is 1. The highest BCUT2D eigenvalue weighted by Gasteiger charge is 2.28. The van der Waals surface area contributed by atoms with Gasteiger partial charge in [-0.25, -0.2) is 0 Å². The van der Waals surface area contributed by atoms with Crippen LogP contribution in [0, 0.1) is 12.8 Å². The summed E-state index contributed by atoms with van der Waals surface area (Å²) in [6.07, 6.45) is -0.0543. The first kappa shape index (κ1) is 20.7. The predicted octanol–water partition coefficient (Wildman–Crippen LogP) is 4.42. The van der Waals surface area contributed by atoms with E-state index in [2.05, 4.69) is 36.8 Å². The molecule has 0 N–H and O–H groups in total. The summed E-state index contributed by atoms with van der Waals surface area (Å²) in [5, 5.41) is 5.73. The van der Waals surface area contributed by atoms with Gasteiger partial charge in [0, 0.05) is 25.5 Å². The summed E-state index contributed by atoms with van der Waals surface area (Å²) in [6.45, 7) is 11.6. The van der Waals surface area contributed by atoms with E-state index in [4.69, 9.17) is 4.74 Å². The molecule has 1 atom stereocenters. The Labute approximate surface area is 182 Å². The lowest BCUT2D eigenvalue weighted by molar-refractivity contribution is 0.0714. The average Bonchev–Trinajstić information content (AvgIpc) is 3.27. The predicted molar refractivity (Wildman–Crippen MR) is 123 cm³/mol. The fraction of sp³-hybridized carbons (Fsp3) is 0.478. The maximum Gasteiger partial charge on any atom is 0.263 e. The van der Waals surface area contributed by atoms with Crippen LogP contribution in [0.3, 0.4) is 0 Å². The number of para-hydroxylation sites is 2. The van der Waals surface area contributed by atoms with E-state index in [9.17, 15) is 4.79 Å². The summed E-state index contributed by atoms with van der Waals surface area (Å²) in [5.74, 6) is 1.43. The van der Waals surface area contributed by atoms with Gasteiger partial charge in [-0.3, -0.25) is 9.48 Å². The van der Waals surface area contributed by atoms with Crippen LogP contribution in [0.25, 0.3) is 10.2 Å². The molecular formula is C23H30N4O2S. The number of amides is 1. The first-order valence-electron chi connectivity index (χ1n) is 10.6. The maximum absolute atomic E-state index is 13.2. The fourth-order valence-electron chi connectivity index (χ4n) is 4.04. The number of aryl methyl sites for hydroxylation is 1. The van der Waals surface area contributed by atoms with Crippen molar-refractivity contribution in [2.45, 2.75) is 40.3 Å². The Hall–Kier alpha value is -2.54. The molecule has 0 aliphatic carbocycles. The smallest absolute Gasteiger partial charge is 0.263 e. The molecular weight excluding hydrogens is 396 g/mol. The standard InChI is InChI=1S/C23H30N4O2S/c1-6-26-14-17(29-20-10-8-7-9-19(20)26)13-25(5)22(28)21-11-18-16(4)24-27(12-15(2)3)23(18)30-21/h7-11,15,17H,6,12-14H2,1-5H3/t17-/m1/s1. The molecule has 0 saturated heterocycles. The lowest BCUT2D eigenvalue weighted by atomic mass is 10.2. The number of hydrogen-bond acceptors (Lipinski definition) is 5. The van der Waals surface area contributed by atoms with Gasteiger partial charge in [0.25, 0.3) is 5.91 Å². The van der Waals surface area contributed by atoms with Gasteiger partial charge >= 0.3 is 0 Å². The Balaban J connectivity index is 1.50. The Kier molecular flexibility index (Phi) is 5.73. The second-order valence-corrected chi connectivity index (χ2v) is 9.45. The molecule has 30 heavy (non-hydrogen) atoms. The van der Waals surface area contributed by atoms with Gasteiger partial charge in [0.1, 0.15) is 16.7 Å². The number of ether oxygens (including phenoxy) is 1. The maximum atomic E-state index is 13.2. The van der Waals surface area contributed by atoms with E-state index in [1.165, 1.54) is 11.3 Å². The van der Waals surface area contributed by atoms with Crippen LogP contribution in [-0.2, 0) is 6.54 Å². The van der Waals surface area contributed by atoms with Crippen molar-refractivity contribution >= 4 is 33.1 Å². The molecule has 3 aromatic rings. The molecule has 4 rings (SSSR count). The number of thiophene rings is 1. The fourth-order valence-corrected chi connectivity index (χ4v) is 5.20. The van der Waals surface area contributed by atoms with Crippen molar-refractivity contribution in [2.24, 2.45) is 5.92 Å². The molecule has 0 spiro atoms. The SMILES string of the molecule is CCN1C[C@@H](CN(C)C(=O)c2cc3c(C)nn(CC(C)C)c3s2)Oc2ccccc21. The Morgan fingerprint density at radius 3 is 2.87 bits per heavy atom. The van der Waals surface area contributed by atoms with Crippen molar-refractivity contribution in [2.75, 3.05) is 31.6 Å². The van der Waals surface area contributed by atoms with Gasteiger partial charge in [-0.15, -0.1) is 11.3 Å². The highest BCUT2D eigenvalue weighted by molar-refractivity contribution is 7.20. The third-order valence-corrected chi connectivity index (χ3v) is 6.62. The van der Waals surface area contributed by atoms with Crippen LogP contribution in [0.1, 0.15) is 36.1 Å². The molecule has 0 saturated carbocycles. The Morgan fingerprint density at radius 1 is 1.37 bits per heavy atom. The zero-order valence-electron chi connectivity index (χ0n) is 18.4. The average molecular weight is 427 g/mol. The van der Waals surface area contributed by atoms with Gasteiger partial charge in [0.05, 0.1) is 29.3 Å². The third-order valence-electron chi connectivity index (χ3n) is 5.49. The van der Waals surface area contributed by atoms with E-state index in [0.717, 1.165) is 51.9 Å². The lowest BCUT2D eigenvalue weighted by Gasteiger charge is -2.37. The summed E-state index contributed by atoms with van der Waals surface area (Å²) in [4.78, 5) is 19.1. The normalized spacial score (nSPS) is 16.1. The van der Waals surface area contributed by atoms with Gasteiger partial charge in [0.15, 0.2) is 0 Å². The van der Waals surface area contributed by atoms with Crippen LogP contribution in [0.4, 0.5) is 5.69 Å². The highest BCUT2D eigenvalue weighted by Crippen LogP contribution is 2.33. The minimum Gasteiger partial charge on any atom is -0.485 e. The van der Waals surface area contributed by atoms with Crippen molar-refractivity contribution in [3.05, 3.63) is 40.9 Å². The molecule has 0 radical (unpaired) electrons. The van der Waals surface area contributed by atoms with Gasteiger partial charge in [0.2, 0.25) is 0 Å². The summed E-state index contributed by atoms with van der Waals surface area (Å²) >= 11 is 1.54. The Bertz CT molecular complexity index is 1050. The molecule has 1 amide bonds. The minimum absolute atomic E-state index is 0.0391. The number of rotatable bonds is 6. The molecule has 1 aliphatic heterocycles. The number of benzene rings is 1. The zero-order chi connectivity index (χ0) is 21.4. The van der Waals surface area contributed by atoms with Crippen LogP contribution >= 0.6 is 11.3 Å². The van der Waals surface area contributed by atoms with Crippen LogP contribution in [0.15, 0.2) is 30.3 Å². The molecule has 0 fully saturated rings. The van der Waals surface area contributed by atoms with Crippen molar-refractivity contribution in [3.63, 3.8) is 0 Å². The van der Waals surface area contributed by atoms with E-state index in [-0.39, 0.29) is 12.0 Å². The Morgan fingerprint density at radius 2 is 2.13 bits per heavy atom. The van der Waals surface area contributed by atoms with Crippen LogP contribution in [0.5, 0.6) is 5.75 Å². The van der Waals surface area contributed by atoms with E-state index in [0.29, 0.717) is 12.5 Å².